The number of benzene rings is 1. The molecule has 1 aromatic carbocycles. The van der Waals surface area contributed by atoms with Crippen molar-refractivity contribution in [2.24, 2.45) is 0 Å². The number of fused-ring (bicyclic) bond motifs is 2. The molecule has 0 saturated carbocycles. The molecule has 3 heterocycles. The summed E-state index contributed by atoms with van der Waals surface area (Å²) >= 11 is 0. The molecule has 3 aromatic rings. The Morgan fingerprint density at radius 2 is 2.00 bits per heavy atom. The number of aromatic amines is 1. The molecule has 0 amide bonds. The summed E-state index contributed by atoms with van der Waals surface area (Å²) in [6, 6.07) is 8.34. The molecule has 1 N–H and O–H groups in total. The summed E-state index contributed by atoms with van der Waals surface area (Å²) < 4.78 is 6.71. The smallest absolute Gasteiger partial charge is 0.142 e. The van der Waals surface area contributed by atoms with Crippen LogP contribution in [0, 0.1) is 0 Å². The van der Waals surface area contributed by atoms with Crippen LogP contribution in [-0.2, 0) is 6.42 Å². The van der Waals surface area contributed by atoms with Gasteiger partial charge in [0.05, 0.1) is 22.8 Å². The van der Waals surface area contributed by atoms with Crippen molar-refractivity contribution in [2.45, 2.75) is 58.0 Å². The molecule has 0 bridgehead atoms. The van der Waals surface area contributed by atoms with E-state index in [9.17, 15) is 0 Å². The van der Waals surface area contributed by atoms with E-state index >= 15 is 0 Å². The summed E-state index contributed by atoms with van der Waals surface area (Å²) in [6.45, 7) is 4.49. The molecule has 0 aliphatic carbocycles. The van der Waals surface area contributed by atoms with Crippen LogP contribution in [-0.4, -0.2) is 20.6 Å². The number of nitrogens with one attached hydrogen (secondary N) is 1. The van der Waals surface area contributed by atoms with E-state index in [0.29, 0.717) is 0 Å². The molecular formula is C21H25N3O. The molecule has 130 valence electrons. The van der Waals surface area contributed by atoms with Crippen molar-refractivity contribution in [3.8, 4) is 17.1 Å². The van der Waals surface area contributed by atoms with Crippen LogP contribution in [0.25, 0.3) is 22.4 Å². The quantitative estimate of drug-likeness (QED) is 0.689. The summed E-state index contributed by atoms with van der Waals surface area (Å²) in [5.74, 6) is 1.88. The van der Waals surface area contributed by atoms with Gasteiger partial charge in [0.1, 0.15) is 17.2 Å². The molecule has 1 aliphatic rings. The highest BCUT2D eigenvalue weighted by atomic mass is 16.5. The molecule has 2 aromatic heterocycles. The van der Waals surface area contributed by atoms with Crippen molar-refractivity contribution in [2.75, 3.05) is 0 Å². The number of hydrogen-bond donors (Lipinski definition) is 1. The number of pyridine rings is 1. The monoisotopic (exact) mass is 335 g/mol. The highest BCUT2D eigenvalue weighted by molar-refractivity contribution is 5.80. The van der Waals surface area contributed by atoms with E-state index in [-0.39, 0.29) is 5.60 Å². The lowest BCUT2D eigenvalue weighted by Gasteiger charge is -2.39. The molecule has 0 radical (unpaired) electrons. The number of imidazole rings is 1. The van der Waals surface area contributed by atoms with E-state index in [1.807, 2.05) is 12.3 Å². The fourth-order valence-electron chi connectivity index (χ4n) is 4.09. The second-order valence-electron chi connectivity index (χ2n) is 7.06. The van der Waals surface area contributed by atoms with Crippen molar-refractivity contribution in [1.82, 2.24) is 15.0 Å². The summed E-state index contributed by atoms with van der Waals surface area (Å²) in [5.41, 5.74) is 4.22. The van der Waals surface area contributed by atoms with Gasteiger partial charge in [-0.1, -0.05) is 38.8 Å². The topological polar surface area (TPSA) is 50.8 Å². The van der Waals surface area contributed by atoms with Crippen LogP contribution in [0.15, 0.2) is 36.7 Å². The third-order valence-electron chi connectivity index (χ3n) is 5.21. The zero-order valence-corrected chi connectivity index (χ0v) is 15.0. The van der Waals surface area contributed by atoms with E-state index in [1.165, 1.54) is 5.56 Å². The second-order valence-corrected chi connectivity index (χ2v) is 7.06. The van der Waals surface area contributed by atoms with Gasteiger partial charge in [0.15, 0.2) is 0 Å². The van der Waals surface area contributed by atoms with Gasteiger partial charge in [-0.05, 0) is 43.4 Å². The van der Waals surface area contributed by atoms with Crippen LogP contribution in [0.1, 0.15) is 51.5 Å². The SMILES string of the molecule is CCCC1(CCC)CCc2cccc(-c3nc4ccncc4[nH]3)c2O1. The number of para-hydroxylation sites is 1. The summed E-state index contributed by atoms with van der Waals surface area (Å²) in [5, 5.41) is 0. The van der Waals surface area contributed by atoms with E-state index in [4.69, 9.17) is 9.72 Å². The number of hydrogen-bond acceptors (Lipinski definition) is 3. The van der Waals surface area contributed by atoms with E-state index in [1.54, 1.807) is 6.20 Å². The number of aryl methyl sites for hydroxylation is 1. The Morgan fingerprint density at radius 1 is 1.16 bits per heavy atom. The van der Waals surface area contributed by atoms with Gasteiger partial charge in [-0.3, -0.25) is 4.98 Å². The zero-order valence-electron chi connectivity index (χ0n) is 15.0. The standard InChI is InChI=1S/C21H25N3O/c1-3-10-21(11-4-2)12-8-15-6-5-7-16(19(15)25-21)20-23-17-9-13-22-14-18(17)24-20/h5-7,9,13-14H,3-4,8,10-12H2,1-2H3,(H,23,24). The third kappa shape index (κ3) is 2.90. The molecule has 0 atom stereocenters. The molecule has 1 aliphatic heterocycles. The van der Waals surface area contributed by atoms with Crippen molar-refractivity contribution < 1.29 is 4.74 Å². The Hall–Kier alpha value is -2.36. The predicted molar refractivity (Wildman–Crippen MR) is 101 cm³/mol. The molecule has 0 saturated heterocycles. The van der Waals surface area contributed by atoms with E-state index in [2.05, 4.69) is 42.0 Å². The Bertz CT molecular complexity index is 845. The number of H-pyrrole nitrogens is 1. The molecule has 0 fully saturated rings. The molecule has 4 rings (SSSR count). The Balaban J connectivity index is 1.79. The molecule has 4 nitrogen and oxygen atoms in total. The van der Waals surface area contributed by atoms with Gasteiger partial charge < -0.3 is 9.72 Å². The number of aromatic nitrogens is 3. The maximum atomic E-state index is 6.71. The van der Waals surface area contributed by atoms with Crippen LogP contribution < -0.4 is 4.74 Å². The maximum absolute atomic E-state index is 6.71. The first-order valence-electron chi connectivity index (χ1n) is 9.35. The first-order chi connectivity index (χ1) is 12.2. The minimum atomic E-state index is -0.0276. The average Bonchev–Trinajstić information content (AvgIpc) is 3.05. The summed E-state index contributed by atoms with van der Waals surface area (Å²) in [7, 11) is 0. The van der Waals surface area contributed by atoms with Gasteiger partial charge in [0, 0.05) is 6.20 Å². The highest BCUT2D eigenvalue weighted by Gasteiger charge is 2.36. The van der Waals surface area contributed by atoms with Crippen molar-refractivity contribution in [1.29, 1.82) is 0 Å². The fourth-order valence-corrected chi connectivity index (χ4v) is 4.09. The number of rotatable bonds is 5. The van der Waals surface area contributed by atoms with Crippen LogP contribution in [0.4, 0.5) is 0 Å². The minimum absolute atomic E-state index is 0.0276. The average molecular weight is 335 g/mol. The van der Waals surface area contributed by atoms with E-state index in [0.717, 1.165) is 66.7 Å². The largest absolute Gasteiger partial charge is 0.486 e. The van der Waals surface area contributed by atoms with Crippen molar-refractivity contribution in [3.05, 3.63) is 42.2 Å². The molecule has 4 heteroatoms. The lowest BCUT2D eigenvalue weighted by atomic mass is 9.83. The number of nitrogens with zero attached hydrogens (tertiary/aromatic N) is 2. The Morgan fingerprint density at radius 3 is 2.76 bits per heavy atom. The Kier molecular flexibility index (Phi) is 4.20. The van der Waals surface area contributed by atoms with Gasteiger partial charge in [0.2, 0.25) is 0 Å². The third-order valence-corrected chi connectivity index (χ3v) is 5.21. The molecule has 0 spiro atoms. The lowest BCUT2D eigenvalue weighted by molar-refractivity contribution is 0.0282. The number of ether oxygens (including phenoxy) is 1. The van der Waals surface area contributed by atoms with Gasteiger partial charge in [-0.25, -0.2) is 4.98 Å². The predicted octanol–water partition coefficient (Wildman–Crippen LogP) is 5.29. The van der Waals surface area contributed by atoms with Crippen LogP contribution >= 0.6 is 0 Å². The van der Waals surface area contributed by atoms with Crippen molar-refractivity contribution >= 4 is 11.0 Å². The fraction of sp³-hybridized carbons (Fsp3) is 0.429. The highest BCUT2D eigenvalue weighted by Crippen LogP contribution is 2.43. The molecule has 0 unspecified atom stereocenters. The minimum Gasteiger partial charge on any atom is -0.486 e. The van der Waals surface area contributed by atoms with Crippen LogP contribution in [0.2, 0.25) is 0 Å². The Labute approximate surface area is 148 Å². The summed E-state index contributed by atoms with van der Waals surface area (Å²) in [4.78, 5) is 12.3. The van der Waals surface area contributed by atoms with Gasteiger partial charge >= 0.3 is 0 Å². The first kappa shape index (κ1) is 16.1. The zero-order chi connectivity index (χ0) is 17.3. The lowest BCUT2D eigenvalue weighted by Crippen LogP contribution is -2.39. The van der Waals surface area contributed by atoms with Gasteiger partial charge in [0.25, 0.3) is 0 Å². The molecule has 25 heavy (non-hydrogen) atoms. The summed E-state index contributed by atoms with van der Waals surface area (Å²) in [6.07, 6.45) is 10.3. The van der Waals surface area contributed by atoms with Crippen molar-refractivity contribution in [3.63, 3.8) is 0 Å². The van der Waals surface area contributed by atoms with E-state index < -0.39 is 0 Å². The maximum Gasteiger partial charge on any atom is 0.142 e. The normalized spacial score (nSPS) is 15.8. The van der Waals surface area contributed by atoms with Gasteiger partial charge in [-0.2, -0.15) is 0 Å². The first-order valence-corrected chi connectivity index (χ1v) is 9.35. The molecular weight excluding hydrogens is 310 g/mol. The van der Waals surface area contributed by atoms with Crippen LogP contribution in [0.5, 0.6) is 5.75 Å². The second kappa shape index (κ2) is 6.51. The van der Waals surface area contributed by atoms with Crippen LogP contribution in [0.3, 0.4) is 0 Å². The van der Waals surface area contributed by atoms with Gasteiger partial charge in [-0.15, -0.1) is 0 Å².